The van der Waals surface area contributed by atoms with Gasteiger partial charge in [-0.2, -0.15) is 12.6 Å². The van der Waals surface area contributed by atoms with Crippen molar-refractivity contribution >= 4 is 29.3 Å². The summed E-state index contributed by atoms with van der Waals surface area (Å²) in [6.07, 6.45) is 1.86. The third-order valence-corrected chi connectivity index (χ3v) is 2.00. The Bertz CT molecular complexity index is 381. The number of nitrogens with one attached hydrogen (secondary N) is 1. The molecule has 1 aromatic heterocycles. The number of hydrogen-bond donors (Lipinski definition) is 3. The van der Waals surface area contributed by atoms with Gasteiger partial charge in [-0.25, -0.2) is 0 Å². The average Bonchev–Trinajstić information content (AvgIpc) is 2.58. The highest BCUT2D eigenvalue weighted by Gasteiger charge is 1.92. The van der Waals surface area contributed by atoms with Gasteiger partial charge in [0.25, 0.3) is 0 Å². The van der Waals surface area contributed by atoms with Crippen molar-refractivity contribution in [3.63, 3.8) is 0 Å². The lowest BCUT2D eigenvalue weighted by Crippen LogP contribution is -1.80. The number of nitrogen functional groups attached to an aromatic ring is 1. The molecule has 1 heterocycles. The van der Waals surface area contributed by atoms with Gasteiger partial charge in [0.05, 0.1) is 0 Å². The van der Waals surface area contributed by atoms with Crippen molar-refractivity contribution in [3.8, 4) is 0 Å². The zero-order chi connectivity index (χ0) is 10.4. The lowest BCUT2D eigenvalue weighted by atomic mass is 10.3. The van der Waals surface area contributed by atoms with Crippen LogP contribution in [0.2, 0.25) is 0 Å². The van der Waals surface area contributed by atoms with Crippen molar-refractivity contribution in [2.24, 2.45) is 0 Å². The first-order valence-corrected chi connectivity index (χ1v) is 4.88. The molecule has 74 valence electrons. The quantitative estimate of drug-likeness (QED) is 0.569. The summed E-state index contributed by atoms with van der Waals surface area (Å²) in [4.78, 5) is 3.04. The summed E-state index contributed by atoms with van der Waals surface area (Å²) in [6, 6.07) is 9.94. The van der Waals surface area contributed by atoms with E-state index in [1.807, 2.05) is 43.3 Å². The molecule has 1 aromatic carbocycles. The minimum atomic E-state index is 0.723. The van der Waals surface area contributed by atoms with Gasteiger partial charge in [0, 0.05) is 10.9 Å². The maximum Gasteiger partial charge on any atom is 0.101 e. The summed E-state index contributed by atoms with van der Waals surface area (Å²) in [6.45, 7) is 1.92. The van der Waals surface area contributed by atoms with E-state index in [2.05, 4.69) is 17.6 Å². The fourth-order valence-electron chi connectivity index (χ4n) is 1.10. The molecule has 0 amide bonds. The molecule has 0 saturated carbocycles. The van der Waals surface area contributed by atoms with Gasteiger partial charge >= 0.3 is 0 Å². The third-order valence-electron chi connectivity index (χ3n) is 1.70. The number of aromatic amines is 1. The van der Waals surface area contributed by atoms with Gasteiger partial charge in [0.1, 0.15) is 5.82 Å². The van der Waals surface area contributed by atoms with Gasteiger partial charge in [0.2, 0.25) is 0 Å². The van der Waals surface area contributed by atoms with E-state index in [-0.39, 0.29) is 0 Å². The van der Waals surface area contributed by atoms with Crippen LogP contribution in [0.25, 0.3) is 10.9 Å². The highest BCUT2D eigenvalue weighted by atomic mass is 32.1. The molecular formula is C11H14N2S. The Morgan fingerprint density at radius 2 is 2.00 bits per heavy atom. The lowest BCUT2D eigenvalue weighted by molar-refractivity contribution is 1.47. The first kappa shape index (κ1) is 10.7. The molecule has 0 bridgehead atoms. The molecule has 2 nitrogen and oxygen atoms in total. The third kappa shape index (κ3) is 2.85. The lowest BCUT2D eigenvalue weighted by Gasteiger charge is -1.83. The van der Waals surface area contributed by atoms with Crippen LogP contribution in [-0.4, -0.2) is 4.98 Å². The van der Waals surface area contributed by atoms with Crippen LogP contribution in [0.4, 0.5) is 5.82 Å². The second-order valence-electron chi connectivity index (χ2n) is 2.79. The molecular weight excluding hydrogens is 192 g/mol. The number of benzene rings is 1. The second-order valence-corrected chi connectivity index (χ2v) is 3.09. The Hall–Kier alpha value is -1.35. The SMILES string of the molecule is CC=CS.Nc1cc2ccccc2[nH]1. The molecule has 0 atom stereocenters. The number of thiol groups is 1. The fourth-order valence-corrected chi connectivity index (χ4v) is 1.10. The van der Waals surface area contributed by atoms with E-state index in [4.69, 9.17) is 5.73 Å². The van der Waals surface area contributed by atoms with Crippen molar-refractivity contribution in [3.05, 3.63) is 41.8 Å². The van der Waals surface area contributed by atoms with Crippen molar-refractivity contribution in [1.82, 2.24) is 4.98 Å². The number of fused-ring (bicyclic) bond motifs is 1. The highest BCUT2D eigenvalue weighted by Crippen LogP contribution is 2.14. The molecule has 0 radical (unpaired) electrons. The summed E-state index contributed by atoms with van der Waals surface area (Å²) >= 11 is 3.74. The first-order valence-electron chi connectivity index (χ1n) is 4.36. The minimum Gasteiger partial charge on any atom is -0.385 e. The van der Waals surface area contributed by atoms with E-state index in [1.165, 1.54) is 5.39 Å². The largest absolute Gasteiger partial charge is 0.385 e. The van der Waals surface area contributed by atoms with E-state index in [0.29, 0.717) is 0 Å². The molecule has 0 saturated heterocycles. The summed E-state index contributed by atoms with van der Waals surface area (Å²) in [7, 11) is 0. The molecule has 0 aliphatic rings. The van der Waals surface area contributed by atoms with Crippen molar-refractivity contribution < 1.29 is 0 Å². The number of hydrogen-bond acceptors (Lipinski definition) is 2. The normalized spacial score (nSPS) is 10.1. The summed E-state index contributed by atoms with van der Waals surface area (Å²) in [5.41, 5.74) is 6.63. The van der Waals surface area contributed by atoms with Crippen molar-refractivity contribution in [2.75, 3.05) is 5.73 Å². The average molecular weight is 206 g/mol. The van der Waals surface area contributed by atoms with E-state index < -0.39 is 0 Å². The molecule has 3 N–H and O–H groups in total. The number of rotatable bonds is 0. The smallest absolute Gasteiger partial charge is 0.101 e. The van der Waals surface area contributed by atoms with E-state index >= 15 is 0 Å². The molecule has 2 rings (SSSR count). The van der Waals surface area contributed by atoms with Crippen LogP contribution in [0.1, 0.15) is 6.92 Å². The number of allylic oxidation sites excluding steroid dienone is 1. The summed E-state index contributed by atoms with van der Waals surface area (Å²) < 4.78 is 0. The van der Waals surface area contributed by atoms with Crippen LogP contribution >= 0.6 is 12.6 Å². The number of para-hydroxylation sites is 1. The summed E-state index contributed by atoms with van der Waals surface area (Å²) in [5, 5.41) is 2.86. The van der Waals surface area contributed by atoms with E-state index in [9.17, 15) is 0 Å². The van der Waals surface area contributed by atoms with Gasteiger partial charge in [-0.05, 0) is 24.5 Å². The molecule has 0 aliphatic heterocycles. The molecule has 14 heavy (non-hydrogen) atoms. The topological polar surface area (TPSA) is 41.8 Å². The van der Waals surface area contributed by atoms with Gasteiger partial charge in [-0.3, -0.25) is 0 Å². The molecule has 0 spiro atoms. The number of anilines is 1. The zero-order valence-electron chi connectivity index (χ0n) is 8.07. The molecule has 0 unspecified atom stereocenters. The zero-order valence-corrected chi connectivity index (χ0v) is 8.96. The minimum absolute atomic E-state index is 0.723. The second kappa shape index (κ2) is 5.40. The number of H-pyrrole nitrogens is 1. The Labute approximate surface area is 89.2 Å². The van der Waals surface area contributed by atoms with Crippen LogP contribution in [0.3, 0.4) is 0 Å². The van der Waals surface area contributed by atoms with Gasteiger partial charge in [0.15, 0.2) is 0 Å². The molecule has 0 aliphatic carbocycles. The Morgan fingerprint density at radius 1 is 1.36 bits per heavy atom. The Balaban J connectivity index is 0.000000213. The maximum atomic E-state index is 5.54. The summed E-state index contributed by atoms with van der Waals surface area (Å²) in [5.74, 6) is 0.723. The van der Waals surface area contributed by atoms with Crippen LogP contribution in [-0.2, 0) is 0 Å². The van der Waals surface area contributed by atoms with Crippen LogP contribution in [0.15, 0.2) is 41.8 Å². The monoisotopic (exact) mass is 206 g/mol. The molecule has 3 heteroatoms. The van der Waals surface area contributed by atoms with Crippen LogP contribution in [0.5, 0.6) is 0 Å². The number of aromatic nitrogens is 1. The highest BCUT2D eigenvalue weighted by molar-refractivity contribution is 7.83. The fraction of sp³-hybridized carbons (Fsp3) is 0.0909. The molecule has 0 fully saturated rings. The van der Waals surface area contributed by atoms with Crippen molar-refractivity contribution in [1.29, 1.82) is 0 Å². The van der Waals surface area contributed by atoms with Gasteiger partial charge < -0.3 is 10.7 Å². The van der Waals surface area contributed by atoms with Crippen LogP contribution < -0.4 is 5.73 Å². The van der Waals surface area contributed by atoms with E-state index in [1.54, 1.807) is 5.41 Å². The standard InChI is InChI=1S/C8H8N2.C3H6S/c9-8-5-6-3-1-2-4-7(6)10-8;1-2-3-4/h1-5,10H,9H2;2-4H,1H3. The van der Waals surface area contributed by atoms with Gasteiger partial charge in [-0.1, -0.05) is 24.3 Å². The number of nitrogens with two attached hydrogens (primary N) is 1. The predicted octanol–water partition coefficient (Wildman–Crippen LogP) is 3.20. The van der Waals surface area contributed by atoms with Crippen molar-refractivity contribution in [2.45, 2.75) is 6.92 Å². The van der Waals surface area contributed by atoms with Crippen LogP contribution in [0, 0.1) is 0 Å². The predicted molar refractivity (Wildman–Crippen MR) is 66.5 cm³/mol. The molecule has 2 aromatic rings. The Morgan fingerprint density at radius 3 is 2.57 bits per heavy atom. The maximum absolute atomic E-state index is 5.54. The van der Waals surface area contributed by atoms with Gasteiger partial charge in [-0.15, -0.1) is 0 Å². The Kier molecular flexibility index (Phi) is 4.13. The first-order chi connectivity index (χ1) is 6.77. The van der Waals surface area contributed by atoms with E-state index in [0.717, 1.165) is 11.3 Å².